The van der Waals surface area contributed by atoms with E-state index in [4.69, 9.17) is 5.11 Å². The number of carbonyl (C=O) groups excluding carboxylic acids is 2. The maximum Gasteiger partial charge on any atom is 0.261 e. The van der Waals surface area contributed by atoms with E-state index in [2.05, 4.69) is 15.4 Å². The summed E-state index contributed by atoms with van der Waals surface area (Å²) in [6.45, 7) is 0.286. The quantitative estimate of drug-likeness (QED) is 0.293. The molecule has 2 fully saturated rings. The van der Waals surface area contributed by atoms with Gasteiger partial charge in [0.1, 0.15) is 29.2 Å². The number of hydrogen-bond donors (Lipinski definition) is 3. The summed E-state index contributed by atoms with van der Waals surface area (Å²) >= 11 is 0. The number of aliphatic hydroxyl groups is 2. The van der Waals surface area contributed by atoms with E-state index < -0.39 is 48.4 Å². The number of benzene rings is 2. The number of nitrogens with zero attached hydrogens (tertiary/aromatic N) is 5. The van der Waals surface area contributed by atoms with Crippen molar-refractivity contribution >= 4 is 29.0 Å². The number of halogens is 3. The predicted octanol–water partition coefficient (Wildman–Crippen LogP) is 3.61. The van der Waals surface area contributed by atoms with Gasteiger partial charge in [-0.1, -0.05) is 12.1 Å². The van der Waals surface area contributed by atoms with E-state index in [-0.39, 0.29) is 35.7 Å². The van der Waals surface area contributed by atoms with Crippen molar-refractivity contribution in [2.24, 2.45) is 0 Å². The van der Waals surface area contributed by atoms with E-state index in [1.165, 1.54) is 10.7 Å². The normalized spacial score (nSPS) is 19.8. The van der Waals surface area contributed by atoms with E-state index in [0.29, 0.717) is 37.4 Å². The molecular weight excluding hydrogens is 577 g/mol. The standard InChI is InChI=1S/C31H31F3N6O4/c32-20-3-6-25(34)23(13-20)26-14-21(33)16-39(26)28-9-12-40-29(37-28)24(15-35-40)30(43)36-22-4-1-18(2-5-22)19-7-10-38(11-8-19)31(44)27(42)17-41/h1-6,9,12-13,15,19,21,26-27,41-42H,7-8,10-11,14,16-17H2,(H,36,43)/t21-,26+,27?/m0/s1. The van der Waals surface area contributed by atoms with Gasteiger partial charge in [0.2, 0.25) is 0 Å². The predicted molar refractivity (Wildman–Crippen MR) is 155 cm³/mol. The van der Waals surface area contributed by atoms with E-state index in [9.17, 15) is 27.9 Å². The first-order chi connectivity index (χ1) is 21.2. The molecule has 2 aliphatic heterocycles. The summed E-state index contributed by atoms with van der Waals surface area (Å²) in [6, 6.07) is 11.3. The van der Waals surface area contributed by atoms with Crippen molar-refractivity contribution in [1.82, 2.24) is 19.5 Å². The molecule has 0 saturated carbocycles. The highest BCUT2D eigenvalue weighted by molar-refractivity contribution is 6.08. The average Bonchev–Trinajstić information content (AvgIpc) is 3.65. The number of fused-ring (bicyclic) bond motifs is 1. The van der Waals surface area contributed by atoms with Crippen LogP contribution in [0.1, 0.15) is 52.7 Å². The topological polar surface area (TPSA) is 123 Å². The lowest BCUT2D eigenvalue weighted by molar-refractivity contribution is -0.143. The van der Waals surface area contributed by atoms with Crippen LogP contribution in [0.5, 0.6) is 0 Å². The molecule has 0 radical (unpaired) electrons. The second-order valence-electron chi connectivity index (χ2n) is 11.2. The first-order valence-corrected chi connectivity index (χ1v) is 14.4. The lowest BCUT2D eigenvalue weighted by atomic mass is 9.89. The third-order valence-corrected chi connectivity index (χ3v) is 8.36. The number of likely N-dealkylation sites (tertiary alicyclic amines) is 1. The van der Waals surface area contributed by atoms with Crippen LogP contribution >= 0.6 is 0 Å². The lowest BCUT2D eigenvalue weighted by Gasteiger charge is -2.33. The zero-order chi connectivity index (χ0) is 31.0. The Morgan fingerprint density at radius 1 is 1.07 bits per heavy atom. The van der Waals surface area contributed by atoms with Crippen molar-refractivity contribution < 1.29 is 33.0 Å². The molecule has 0 bridgehead atoms. The van der Waals surface area contributed by atoms with Gasteiger partial charge in [0, 0.05) is 37.0 Å². The van der Waals surface area contributed by atoms with Gasteiger partial charge in [0.25, 0.3) is 11.8 Å². The van der Waals surface area contributed by atoms with Crippen molar-refractivity contribution in [3.8, 4) is 0 Å². The van der Waals surface area contributed by atoms with Crippen molar-refractivity contribution in [3.05, 3.63) is 89.2 Å². The van der Waals surface area contributed by atoms with E-state index >= 15 is 0 Å². The van der Waals surface area contributed by atoms with Crippen LogP contribution in [0.4, 0.5) is 24.7 Å². The Balaban J connectivity index is 1.15. The number of amides is 2. The molecule has 4 heterocycles. The summed E-state index contributed by atoms with van der Waals surface area (Å²) in [4.78, 5) is 33.1. The van der Waals surface area contributed by atoms with Crippen LogP contribution in [0.3, 0.4) is 0 Å². The molecule has 2 saturated heterocycles. The smallest absolute Gasteiger partial charge is 0.261 e. The first kappa shape index (κ1) is 29.6. The van der Waals surface area contributed by atoms with Gasteiger partial charge in [-0.3, -0.25) is 9.59 Å². The molecule has 4 aromatic rings. The number of carbonyl (C=O) groups is 2. The van der Waals surface area contributed by atoms with Gasteiger partial charge in [0.15, 0.2) is 11.8 Å². The largest absolute Gasteiger partial charge is 0.393 e. The molecule has 0 spiro atoms. The third-order valence-electron chi connectivity index (χ3n) is 8.36. The summed E-state index contributed by atoms with van der Waals surface area (Å²) in [5.41, 5.74) is 2.06. The van der Waals surface area contributed by atoms with E-state index in [0.717, 1.165) is 23.8 Å². The van der Waals surface area contributed by atoms with Gasteiger partial charge in [-0.05, 0) is 60.7 Å². The van der Waals surface area contributed by atoms with Crippen LogP contribution < -0.4 is 10.2 Å². The minimum Gasteiger partial charge on any atom is -0.393 e. The Labute approximate surface area is 250 Å². The van der Waals surface area contributed by atoms with Crippen molar-refractivity contribution in [2.45, 2.75) is 43.5 Å². The fourth-order valence-corrected chi connectivity index (χ4v) is 6.04. The third kappa shape index (κ3) is 5.84. The average molecular weight is 609 g/mol. The summed E-state index contributed by atoms with van der Waals surface area (Å²) in [6.07, 6.45) is 1.68. The molecule has 2 aromatic heterocycles. The van der Waals surface area contributed by atoms with Gasteiger partial charge in [-0.25, -0.2) is 22.7 Å². The second kappa shape index (κ2) is 12.2. The van der Waals surface area contributed by atoms with Crippen molar-refractivity contribution in [3.63, 3.8) is 0 Å². The first-order valence-electron chi connectivity index (χ1n) is 14.4. The number of aliphatic hydroxyl groups excluding tert-OH is 2. The monoisotopic (exact) mass is 608 g/mol. The molecular formula is C31H31F3N6O4. The van der Waals surface area contributed by atoms with Crippen LogP contribution in [-0.4, -0.2) is 80.0 Å². The van der Waals surface area contributed by atoms with Gasteiger partial charge < -0.3 is 25.3 Å². The van der Waals surface area contributed by atoms with E-state index in [1.807, 2.05) is 12.1 Å². The minimum atomic E-state index is -1.39. The Bertz CT molecular complexity index is 1670. The molecule has 2 aromatic carbocycles. The molecule has 230 valence electrons. The van der Waals surface area contributed by atoms with Crippen molar-refractivity contribution in [1.29, 1.82) is 0 Å². The zero-order valence-electron chi connectivity index (χ0n) is 23.6. The summed E-state index contributed by atoms with van der Waals surface area (Å²) in [7, 11) is 0. The number of anilines is 2. The Hall–Kier alpha value is -4.49. The molecule has 10 nitrogen and oxygen atoms in total. The number of alkyl halides is 1. The molecule has 3 N–H and O–H groups in total. The highest BCUT2D eigenvalue weighted by Crippen LogP contribution is 2.38. The van der Waals surface area contributed by atoms with Gasteiger partial charge in [-0.2, -0.15) is 5.10 Å². The summed E-state index contributed by atoms with van der Waals surface area (Å²) in [5.74, 6) is -1.66. The van der Waals surface area contributed by atoms with Gasteiger partial charge >= 0.3 is 0 Å². The molecule has 44 heavy (non-hydrogen) atoms. The minimum absolute atomic E-state index is 0.0279. The number of nitrogens with one attached hydrogen (secondary N) is 1. The number of piperidine rings is 1. The van der Waals surface area contributed by atoms with Crippen LogP contribution in [0, 0.1) is 11.6 Å². The molecule has 3 atom stereocenters. The van der Waals surface area contributed by atoms with Crippen LogP contribution in [0.15, 0.2) is 60.9 Å². The number of hydrogen-bond acceptors (Lipinski definition) is 7. The SMILES string of the molecule is O=C(Nc1ccc(C2CCN(C(=O)C(O)CO)CC2)cc1)c1cnn2ccc(N3C[C@@H](F)C[C@@H]3c3cc(F)ccc3F)nc12. The van der Waals surface area contributed by atoms with Crippen LogP contribution in [-0.2, 0) is 4.79 Å². The molecule has 6 rings (SSSR count). The van der Waals surface area contributed by atoms with E-state index in [1.54, 1.807) is 34.2 Å². The highest BCUT2D eigenvalue weighted by atomic mass is 19.1. The fraction of sp³-hybridized carbons (Fsp3) is 0.355. The maximum atomic E-state index is 14.6. The second-order valence-corrected chi connectivity index (χ2v) is 11.2. The molecule has 13 heteroatoms. The van der Waals surface area contributed by atoms with Crippen molar-refractivity contribution in [2.75, 3.05) is 36.5 Å². The van der Waals surface area contributed by atoms with Gasteiger partial charge in [-0.15, -0.1) is 0 Å². The zero-order valence-corrected chi connectivity index (χ0v) is 23.6. The molecule has 0 aliphatic carbocycles. The Kier molecular flexibility index (Phi) is 8.23. The van der Waals surface area contributed by atoms with Gasteiger partial charge in [0.05, 0.1) is 25.4 Å². The molecule has 1 unspecified atom stereocenters. The Morgan fingerprint density at radius 3 is 2.55 bits per heavy atom. The number of rotatable bonds is 7. The molecule has 2 amide bonds. The summed E-state index contributed by atoms with van der Waals surface area (Å²) < 4.78 is 44.5. The highest BCUT2D eigenvalue weighted by Gasteiger charge is 2.36. The molecule has 2 aliphatic rings. The fourth-order valence-electron chi connectivity index (χ4n) is 6.04. The maximum absolute atomic E-state index is 14.6. The Morgan fingerprint density at radius 2 is 1.82 bits per heavy atom. The number of aromatic nitrogens is 3. The van der Waals surface area contributed by atoms with Crippen LogP contribution in [0.25, 0.3) is 5.65 Å². The summed E-state index contributed by atoms with van der Waals surface area (Å²) in [5, 5.41) is 25.7. The van der Waals surface area contributed by atoms with Crippen LogP contribution in [0.2, 0.25) is 0 Å². The lowest BCUT2D eigenvalue weighted by Crippen LogP contribution is -2.44.